The molecule has 0 saturated carbocycles. The minimum Gasteiger partial charge on any atom is -0.370 e. The van der Waals surface area contributed by atoms with Gasteiger partial charge in [-0.1, -0.05) is 6.07 Å². The van der Waals surface area contributed by atoms with Crippen LogP contribution in [0.2, 0.25) is 0 Å². The molecule has 0 bridgehead atoms. The molecule has 1 aromatic heterocycles. The SMILES string of the molecule is Cc1cc(S(C)(=O)=O)cnc1C1CC(C)(S(=O)(=O)c2cccc(C(F)(F)F)c2)CO1. The molecular formula is C19H20F3NO5S2. The van der Waals surface area contributed by atoms with Crippen LogP contribution in [0, 0.1) is 6.92 Å². The van der Waals surface area contributed by atoms with Crippen molar-refractivity contribution in [1.82, 2.24) is 4.98 Å². The Morgan fingerprint density at radius 1 is 1.13 bits per heavy atom. The normalized spacial score (nSPS) is 22.9. The van der Waals surface area contributed by atoms with Gasteiger partial charge >= 0.3 is 6.18 Å². The van der Waals surface area contributed by atoms with Crippen LogP contribution in [0.5, 0.6) is 0 Å². The molecule has 11 heteroatoms. The van der Waals surface area contributed by atoms with Gasteiger partial charge in [0.05, 0.1) is 27.7 Å². The lowest BCUT2D eigenvalue weighted by Gasteiger charge is -2.23. The molecule has 2 atom stereocenters. The van der Waals surface area contributed by atoms with Gasteiger partial charge in [-0.15, -0.1) is 0 Å². The standard InChI is InChI=1S/C19H20F3NO5S2/c1-12-7-15(29(3,24)25)10-23-17(12)16-9-18(2,11-28-16)30(26,27)14-6-4-5-13(8-14)19(20,21)22/h4-8,10,16H,9,11H2,1-3H3. The van der Waals surface area contributed by atoms with Crippen molar-refractivity contribution < 1.29 is 34.7 Å². The van der Waals surface area contributed by atoms with Crippen LogP contribution in [0.15, 0.2) is 46.3 Å². The van der Waals surface area contributed by atoms with Crippen LogP contribution in [0.1, 0.15) is 36.3 Å². The van der Waals surface area contributed by atoms with Crippen LogP contribution in [0.4, 0.5) is 13.2 Å². The molecule has 0 radical (unpaired) electrons. The second kappa shape index (κ2) is 7.31. The van der Waals surface area contributed by atoms with E-state index in [9.17, 15) is 30.0 Å². The molecule has 2 unspecified atom stereocenters. The molecule has 0 aliphatic carbocycles. The molecule has 0 N–H and O–H groups in total. The van der Waals surface area contributed by atoms with E-state index in [1.807, 2.05) is 0 Å². The first kappa shape index (κ1) is 22.7. The highest BCUT2D eigenvalue weighted by molar-refractivity contribution is 7.92. The average molecular weight is 463 g/mol. The van der Waals surface area contributed by atoms with Crippen LogP contribution in [-0.2, 0) is 30.6 Å². The van der Waals surface area contributed by atoms with Crippen molar-refractivity contribution >= 4 is 19.7 Å². The number of ether oxygens (including phenoxy) is 1. The summed E-state index contributed by atoms with van der Waals surface area (Å²) in [7, 11) is -7.61. The molecule has 1 aliphatic heterocycles. The van der Waals surface area contributed by atoms with E-state index >= 15 is 0 Å². The summed E-state index contributed by atoms with van der Waals surface area (Å²) in [5.41, 5.74) is -0.134. The van der Waals surface area contributed by atoms with Gasteiger partial charge in [0.2, 0.25) is 0 Å². The Bertz CT molecular complexity index is 1190. The Morgan fingerprint density at radius 2 is 1.80 bits per heavy atom. The van der Waals surface area contributed by atoms with E-state index in [0.717, 1.165) is 24.5 Å². The summed E-state index contributed by atoms with van der Waals surface area (Å²) in [4.78, 5) is 3.75. The fourth-order valence-electron chi connectivity index (χ4n) is 3.37. The van der Waals surface area contributed by atoms with Crippen LogP contribution >= 0.6 is 0 Å². The Kier molecular flexibility index (Phi) is 5.53. The van der Waals surface area contributed by atoms with E-state index < -0.39 is 47.2 Å². The van der Waals surface area contributed by atoms with E-state index in [4.69, 9.17) is 4.74 Å². The number of nitrogens with zero attached hydrogens (tertiary/aromatic N) is 1. The Morgan fingerprint density at radius 3 is 2.37 bits per heavy atom. The van der Waals surface area contributed by atoms with Crippen molar-refractivity contribution in [3.63, 3.8) is 0 Å². The minimum absolute atomic E-state index is 0.0288. The first-order valence-corrected chi connectivity index (χ1v) is 12.2. The molecular weight excluding hydrogens is 443 g/mol. The monoisotopic (exact) mass is 463 g/mol. The van der Waals surface area contributed by atoms with E-state index in [2.05, 4.69) is 4.98 Å². The number of aryl methyl sites for hydroxylation is 1. The van der Waals surface area contributed by atoms with Gasteiger partial charge in [-0.05, 0) is 43.7 Å². The molecule has 0 amide bonds. The predicted molar refractivity (Wildman–Crippen MR) is 102 cm³/mol. The summed E-state index contributed by atoms with van der Waals surface area (Å²) in [5, 5.41) is 0. The zero-order valence-corrected chi connectivity index (χ0v) is 18.0. The van der Waals surface area contributed by atoms with E-state index in [0.29, 0.717) is 17.3 Å². The summed E-state index contributed by atoms with van der Waals surface area (Å²) >= 11 is 0. The van der Waals surface area contributed by atoms with Crippen LogP contribution in [0.3, 0.4) is 0 Å². The molecule has 3 rings (SSSR count). The quantitative estimate of drug-likeness (QED) is 0.689. The number of halogens is 3. The lowest BCUT2D eigenvalue weighted by atomic mass is 10.0. The van der Waals surface area contributed by atoms with Crippen molar-refractivity contribution in [2.75, 3.05) is 12.9 Å². The highest BCUT2D eigenvalue weighted by Gasteiger charge is 2.49. The number of hydrogen-bond acceptors (Lipinski definition) is 6. The maximum atomic E-state index is 13.1. The number of benzene rings is 1. The van der Waals surface area contributed by atoms with Crippen LogP contribution in [0.25, 0.3) is 0 Å². The van der Waals surface area contributed by atoms with Crippen molar-refractivity contribution in [2.45, 2.75) is 47.1 Å². The lowest BCUT2D eigenvalue weighted by molar-refractivity contribution is -0.137. The Balaban J connectivity index is 1.93. The molecule has 1 aliphatic rings. The molecule has 1 fully saturated rings. The summed E-state index contributed by atoms with van der Waals surface area (Å²) in [6, 6.07) is 5.05. The lowest BCUT2D eigenvalue weighted by Crippen LogP contribution is -2.36. The van der Waals surface area contributed by atoms with Crippen molar-refractivity contribution in [3.8, 4) is 0 Å². The first-order chi connectivity index (χ1) is 13.6. The van der Waals surface area contributed by atoms with Gasteiger partial charge in [-0.3, -0.25) is 4.98 Å². The van der Waals surface area contributed by atoms with Gasteiger partial charge in [0.1, 0.15) is 10.9 Å². The molecule has 6 nitrogen and oxygen atoms in total. The number of sulfone groups is 2. The number of rotatable bonds is 4. The second-order valence-electron chi connectivity index (χ2n) is 7.63. The van der Waals surface area contributed by atoms with Gasteiger partial charge < -0.3 is 4.74 Å². The van der Waals surface area contributed by atoms with E-state index in [-0.39, 0.29) is 17.9 Å². The second-order valence-corrected chi connectivity index (χ2v) is 12.1. The largest absolute Gasteiger partial charge is 0.416 e. The minimum atomic E-state index is -4.66. The predicted octanol–water partition coefficient (Wildman–Crippen LogP) is 3.51. The summed E-state index contributed by atoms with van der Waals surface area (Å²) in [6.45, 7) is 2.82. The van der Waals surface area contributed by atoms with Gasteiger partial charge in [0.25, 0.3) is 0 Å². The van der Waals surface area contributed by atoms with Crippen molar-refractivity contribution in [1.29, 1.82) is 0 Å². The molecule has 1 saturated heterocycles. The molecule has 30 heavy (non-hydrogen) atoms. The number of alkyl halides is 3. The average Bonchev–Trinajstić information content (AvgIpc) is 3.04. The van der Waals surface area contributed by atoms with Gasteiger partial charge in [0, 0.05) is 18.9 Å². The van der Waals surface area contributed by atoms with Crippen LogP contribution in [-0.4, -0.2) is 39.4 Å². The van der Waals surface area contributed by atoms with Gasteiger partial charge in [-0.2, -0.15) is 13.2 Å². The third kappa shape index (κ3) is 4.10. The summed E-state index contributed by atoms with van der Waals surface area (Å²) in [6.07, 6.45) is -3.20. The maximum absolute atomic E-state index is 13.1. The Hall–Kier alpha value is -1.98. The number of aromatic nitrogens is 1. The molecule has 164 valence electrons. The first-order valence-electron chi connectivity index (χ1n) is 8.85. The third-order valence-corrected chi connectivity index (χ3v) is 8.69. The fourth-order valence-corrected chi connectivity index (χ4v) is 5.71. The van der Waals surface area contributed by atoms with E-state index in [1.54, 1.807) is 6.92 Å². The van der Waals surface area contributed by atoms with Gasteiger partial charge in [0.15, 0.2) is 19.7 Å². The molecule has 2 aromatic rings. The zero-order valence-electron chi connectivity index (χ0n) is 16.4. The Labute approximate surface area is 172 Å². The van der Waals surface area contributed by atoms with Gasteiger partial charge in [-0.25, -0.2) is 16.8 Å². The van der Waals surface area contributed by atoms with Crippen LogP contribution < -0.4 is 0 Å². The summed E-state index contributed by atoms with van der Waals surface area (Å²) in [5.74, 6) is 0. The highest BCUT2D eigenvalue weighted by atomic mass is 32.2. The smallest absolute Gasteiger partial charge is 0.370 e. The van der Waals surface area contributed by atoms with Crippen molar-refractivity contribution in [3.05, 3.63) is 53.3 Å². The topological polar surface area (TPSA) is 90.4 Å². The highest BCUT2D eigenvalue weighted by Crippen LogP contribution is 2.43. The number of pyridine rings is 1. The zero-order chi connectivity index (χ0) is 22.5. The van der Waals surface area contributed by atoms with Crippen molar-refractivity contribution in [2.24, 2.45) is 0 Å². The molecule has 0 spiro atoms. The van der Waals surface area contributed by atoms with E-state index in [1.165, 1.54) is 19.2 Å². The third-order valence-electron chi connectivity index (χ3n) is 5.15. The number of hydrogen-bond donors (Lipinski definition) is 0. The molecule has 2 heterocycles. The molecule has 1 aromatic carbocycles. The fraction of sp³-hybridized carbons (Fsp3) is 0.421. The summed E-state index contributed by atoms with van der Waals surface area (Å²) < 4.78 is 92.8. The maximum Gasteiger partial charge on any atom is 0.416 e.